The number of aliphatic carboxylic acids is 1. The minimum Gasteiger partial charge on any atom is -0.480 e. The average molecular weight is 370 g/mol. The Balaban J connectivity index is 1.88. The number of para-hydroxylation sites is 1. The summed E-state index contributed by atoms with van der Waals surface area (Å²) in [7, 11) is 1.70. The van der Waals surface area contributed by atoms with Gasteiger partial charge >= 0.3 is 12.1 Å². The second-order valence-corrected chi connectivity index (χ2v) is 5.85. The van der Waals surface area contributed by atoms with E-state index in [0.717, 1.165) is 5.56 Å². The van der Waals surface area contributed by atoms with Crippen LogP contribution in [0, 0.1) is 0 Å². The largest absolute Gasteiger partial charge is 0.480 e. The Morgan fingerprint density at radius 1 is 1.04 bits per heavy atom. The molecule has 0 heterocycles. The molecule has 0 aromatic heterocycles. The summed E-state index contributed by atoms with van der Waals surface area (Å²) in [6, 6.07) is 14.8. The number of carboxylic acids is 1. The van der Waals surface area contributed by atoms with Crippen LogP contribution in [0.2, 0.25) is 0 Å². The summed E-state index contributed by atoms with van der Waals surface area (Å²) < 4.78 is 5.03. The number of carbonyl (C=O) groups excluding carboxylic acids is 2. The van der Waals surface area contributed by atoms with Crippen molar-refractivity contribution in [2.45, 2.75) is 25.5 Å². The van der Waals surface area contributed by atoms with Gasteiger partial charge in [-0.05, 0) is 24.1 Å². The first-order valence-corrected chi connectivity index (χ1v) is 8.51. The van der Waals surface area contributed by atoms with Crippen LogP contribution in [0.25, 0.3) is 0 Å². The number of hydrogen-bond donors (Lipinski definition) is 3. The van der Waals surface area contributed by atoms with Gasteiger partial charge in [0.15, 0.2) is 5.78 Å². The molecule has 0 fully saturated rings. The van der Waals surface area contributed by atoms with Crippen molar-refractivity contribution in [1.29, 1.82) is 0 Å². The van der Waals surface area contributed by atoms with Crippen LogP contribution in [0.5, 0.6) is 0 Å². The molecule has 142 valence electrons. The summed E-state index contributed by atoms with van der Waals surface area (Å²) in [6.45, 7) is 0.0352. The molecule has 2 rings (SSSR count). The predicted octanol–water partition coefficient (Wildman–Crippen LogP) is 3.07. The van der Waals surface area contributed by atoms with Crippen LogP contribution >= 0.6 is 0 Å². The fraction of sp³-hybridized carbons (Fsp3) is 0.250. The molecule has 0 saturated heterocycles. The van der Waals surface area contributed by atoms with Crippen molar-refractivity contribution in [2.24, 2.45) is 0 Å². The number of carbonyl (C=O) groups is 3. The van der Waals surface area contributed by atoms with Gasteiger partial charge in [-0.25, -0.2) is 9.59 Å². The maximum atomic E-state index is 12.4. The van der Waals surface area contributed by atoms with Gasteiger partial charge in [-0.2, -0.15) is 0 Å². The van der Waals surface area contributed by atoms with Crippen molar-refractivity contribution in [2.75, 3.05) is 12.4 Å². The quantitative estimate of drug-likeness (QED) is 0.586. The third-order valence-corrected chi connectivity index (χ3v) is 3.96. The molecule has 1 unspecified atom stereocenters. The molecule has 2 aromatic carbocycles. The van der Waals surface area contributed by atoms with E-state index in [1.54, 1.807) is 43.4 Å². The van der Waals surface area contributed by atoms with E-state index in [9.17, 15) is 19.5 Å². The van der Waals surface area contributed by atoms with E-state index in [0.29, 0.717) is 11.3 Å². The zero-order valence-corrected chi connectivity index (χ0v) is 15.0. The first-order valence-electron chi connectivity index (χ1n) is 8.51. The zero-order valence-electron chi connectivity index (χ0n) is 15.0. The number of carboxylic acid groups (broad SMARTS) is 1. The first-order chi connectivity index (χ1) is 13.0. The fourth-order valence-corrected chi connectivity index (χ4v) is 2.52. The second-order valence-electron chi connectivity index (χ2n) is 5.85. The van der Waals surface area contributed by atoms with Gasteiger partial charge < -0.3 is 20.5 Å². The summed E-state index contributed by atoms with van der Waals surface area (Å²) >= 11 is 0. The lowest BCUT2D eigenvalue weighted by Gasteiger charge is -2.15. The molecule has 0 saturated carbocycles. The number of rotatable bonds is 9. The minimum absolute atomic E-state index is 0.0192. The number of ketones is 1. The van der Waals surface area contributed by atoms with Gasteiger partial charge in [-0.15, -0.1) is 0 Å². The van der Waals surface area contributed by atoms with E-state index >= 15 is 0 Å². The number of amides is 1. The van der Waals surface area contributed by atoms with E-state index in [1.807, 2.05) is 18.2 Å². The fourth-order valence-electron chi connectivity index (χ4n) is 2.52. The number of nitrogens with one attached hydrogen (secondary N) is 2. The Kier molecular flexibility index (Phi) is 7.37. The standard InChI is InChI=1S/C20H22N2O5/c1-21-16-10-6-5-9-15(16)18(23)12-11-17(19(24)25)22-20(26)27-13-14-7-3-2-4-8-14/h2-10,17,21H,11-13H2,1H3,(H,22,26)(H,24,25). The summed E-state index contributed by atoms with van der Waals surface area (Å²) in [6.07, 6.45) is -0.893. The molecule has 0 aliphatic heterocycles. The number of anilines is 1. The Morgan fingerprint density at radius 3 is 2.37 bits per heavy atom. The highest BCUT2D eigenvalue weighted by Crippen LogP contribution is 2.17. The zero-order chi connectivity index (χ0) is 19.6. The molecule has 0 bridgehead atoms. The number of hydrogen-bond acceptors (Lipinski definition) is 5. The smallest absolute Gasteiger partial charge is 0.408 e. The lowest BCUT2D eigenvalue weighted by atomic mass is 10.0. The first kappa shape index (κ1) is 20.0. The SMILES string of the molecule is CNc1ccccc1C(=O)CCC(NC(=O)OCc1ccccc1)C(=O)O. The number of benzene rings is 2. The molecule has 0 aliphatic rings. The van der Waals surface area contributed by atoms with E-state index in [2.05, 4.69) is 10.6 Å². The van der Waals surface area contributed by atoms with Crippen molar-refractivity contribution in [1.82, 2.24) is 5.32 Å². The highest BCUT2D eigenvalue weighted by Gasteiger charge is 2.22. The van der Waals surface area contributed by atoms with Crippen LogP contribution in [-0.4, -0.2) is 36.0 Å². The highest BCUT2D eigenvalue weighted by molar-refractivity contribution is 6.01. The number of Topliss-reactive ketones (excluding diaryl/α,β-unsaturated/α-hetero) is 1. The summed E-state index contributed by atoms with van der Waals surface area (Å²) in [5.74, 6) is -1.42. The Bertz CT molecular complexity index is 792. The van der Waals surface area contributed by atoms with Gasteiger partial charge in [-0.1, -0.05) is 42.5 Å². The summed E-state index contributed by atoms with van der Waals surface area (Å²) in [5, 5.41) is 14.5. The van der Waals surface area contributed by atoms with Crippen LogP contribution in [0.4, 0.5) is 10.5 Å². The van der Waals surface area contributed by atoms with E-state index < -0.39 is 18.1 Å². The van der Waals surface area contributed by atoms with Gasteiger partial charge in [0.2, 0.25) is 0 Å². The van der Waals surface area contributed by atoms with Gasteiger partial charge in [0.25, 0.3) is 0 Å². The maximum Gasteiger partial charge on any atom is 0.408 e. The predicted molar refractivity (Wildman–Crippen MR) is 101 cm³/mol. The van der Waals surface area contributed by atoms with Crippen molar-refractivity contribution in [3.05, 3.63) is 65.7 Å². The summed E-state index contributed by atoms with van der Waals surface area (Å²) in [4.78, 5) is 35.6. The molecular formula is C20H22N2O5. The molecule has 3 N–H and O–H groups in total. The molecule has 27 heavy (non-hydrogen) atoms. The van der Waals surface area contributed by atoms with Crippen LogP contribution in [0.15, 0.2) is 54.6 Å². The van der Waals surface area contributed by atoms with Gasteiger partial charge in [-0.3, -0.25) is 4.79 Å². The Labute approximate surface area is 157 Å². The van der Waals surface area contributed by atoms with Crippen molar-refractivity contribution >= 4 is 23.5 Å². The molecular weight excluding hydrogens is 348 g/mol. The van der Waals surface area contributed by atoms with E-state index in [4.69, 9.17) is 4.74 Å². The second kappa shape index (κ2) is 9.96. The maximum absolute atomic E-state index is 12.4. The van der Waals surface area contributed by atoms with E-state index in [-0.39, 0.29) is 25.2 Å². The van der Waals surface area contributed by atoms with Crippen molar-refractivity contribution < 1.29 is 24.2 Å². The third kappa shape index (κ3) is 6.14. The normalized spacial score (nSPS) is 11.3. The summed E-state index contributed by atoms with van der Waals surface area (Å²) in [5.41, 5.74) is 1.94. The Hall–Kier alpha value is -3.35. The molecule has 1 amide bonds. The molecule has 0 spiro atoms. The van der Waals surface area contributed by atoms with E-state index in [1.165, 1.54) is 0 Å². The molecule has 7 nitrogen and oxygen atoms in total. The van der Waals surface area contributed by atoms with Crippen LogP contribution in [0.3, 0.4) is 0 Å². The number of ether oxygens (including phenoxy) is 1. The van der Waals surface area contributed by atoms with Crippen LogP contribution in [0.1, 0.15) is 28.8 Å². The van der Waals surface area contributed by atoms with Crippen LogP contribution in [-0.2, 0) is 16.1 Å². The topological polar surface area (TPSA) is 105 Å². The number of alkyl carbamates (subject to hydrolysis) is 1. The van der Waals surface area contributed by atoms with Gasteiger partial charge in [0.1, 0.15) is 12.6 Å². The molecule has 0 radical (unpaired) electrons. The minimum atomic E-state index is -1.22. The van der Waals surface area contributed by atoms with Crippen molar-refractivity contribution in [3.63, 3.8) is 0 Å². The van der Waals surface area contributed by atoms with Gasteiger partial charge in [0, 0.05) is 24.7 Å². The monoisotopic (exact) mass is 370 g/mol. The molecule has 7 heteroatoms. The lowest BCUT2D eigenvalue weighted by molar-refractivity contribution is -0.139. The average Bonchev–Trinajstić information content (AvgIpc) is 2.69. The third-order valence-electron chi connectivity index (χ3n) is 3.96. The Morgan fingerprint density at radius 2 is 1.70 bits per heavy atom. The molecule has 2 aromatic rings. The van der Waals surface area contributed by atoms with Crippen molar-refractivity contribution in [3.8, 4) is 0 Å². The highest BCUT2D eigenvalue weighted by atomic mass is 16.5. The van der Waals surface area contributed by atoms with Gasteiger partial charge in [0.05, 0.1) is 0 Å². The lowest BCUT2D eigenvalue weighted by Crippen LogP contribution is -2.41. The van der Waals surface area contributed by atoms with Crippen LogP contribution < -0.4 is 10.6 Å². The molecule has 1 atom stereocenters. The molecule has 0 aliphatic carbocycles.